The predicted octanol–water partition coefficient (Wildman–Crippen LogP) is 4.70. The van der Waals surface area contributed by atoms with Crippen molar-refractivity contribution in [2.75, 3.05) is 38.5 Å². The van der Waals surface area contributed by atoms with Crippen LogP contribution < -0.4 is 5.32 Å². The lowest BCUT2D eigenvalue weighted by Crippen LogP contribution is -2.47. The maximum atomic E-state index is 13.3. The number of rotatable bonds is 4. The highest BCUT2D eigenvalue weighted by atomic mass is 32.1. The molecule has 0 saturated carbocycles. The molecule has 1 saturated heterocycles. The number of carbonyl (C=O) groups excluding carboxylic acids is 2. The average Bonchev–Trinajstić information content (AvgIpc) is 3.61. The van der Waals surface area contributed by atoms with Gasteiger partial charge >= 0.3 is 0 Å². The van der Waals surface area contributed by atoms with Crippen molar-refractivity contribution in [3.63, 3.8) is 0 Å². The minimum Gasteiger partial charge on any atom is -0.358 e. The van der Waals surface area contributed by atoms with Gasteiger partial charge < -0.3 is 20.1 Å². The van der Waals surface area contributed by atoms with Crippen molar-refractivity contribution in [1.29, 1.82) is 0 Å². The van der Waals surface area contributed by atoms with Crippen LogP contribution in [0.5, 0.6) is 0 Å². The Balaban J connectivity index is 1.32. The molecule has 0 atom stereocenters. The van der Waals surface area contributed by atoms with Crippen LogP contribution in [-0.4, -0.2) is 70.0 Å². The smallest absolute Gasteiger partial charge is 0.256 e. The van der Waals surface area contributed by atoms with E-state index in [0.29, 0.717) is 24.2 Å². The van der Waals surface area contributed by atoms with Gasteiger partial charge in [-0.3, -0.25) is 9.59 Å². The molecule has 38 heavy (non-hydrogen) atoms. The Labute approximate surface area is 225 Å². The Bertz CT molecular complexity index is 1580. The van der Waals surface area contributed by atoms with Crippen LogP contribution in [0.15, 0.2) is 48.5 Å². The first-order chi connectivity index (χ1) is 18.4. The van der Waals surface area contributed by atoms with Crippen molar-refractivity contribution in [3.05, 3.63) is 76.6 Å². The van der Waals surface area contributed by atoms with Gasteiger partial charge in [0.25, 0.3) is 11.8 Å². The second-order valence-corrected chi connectivity index (χ2v) is 10.8. The molecule has 6 rings (SSSR count). The predicted molar refractivity (Wildman–Crippen MR) is 151 cm³/mol. The zero-order valence-corrected chi connectivity index (χ0v) is 22.4. The number of nitrogens with zero attached hydrogens (tertiary/aromatic N) is 4. The van der Waals surface area contributed by atoms with E-state index in [4.69, 9.17) is 0 Å². The van der Waals surface area contributed by atoms with Crippen LogP contribution in [0.25, 0.3) is 32.8 Å². The summed E-state index contributed by atoms with van der Waals surface area (Å²) in [4.78, 5) is 33.8. The molecule has 2 aliphatic rings. The molecular weight excluding hydrogens is 496 g/mol. The van der Waals surface area contributed by atoms with Gasteiger partial charge in [-0.25, -0.2) is 0 Å². The van der Waals surface area contributed by atoms with E-state index >= 15 is 0 Å². The highest BCUT2D eigenvalue weighted by Crippen LogP contribution is 2.38. The molecule has 0 bridgehead atoms. The van der Waals surface area contributed by atoms with Gasteiger partial charge in [-0.2, -0.15) is 0 Å². The number of piperazine rings is 1. The van der Waals surface area contributed by atoms with Crippen LogP contribution in [0.3, 0.4) is 0 Å². The maximum Gasteiger partial charge on any atom is 0.256 e. The quantitative estimate of drug-likeness (QED) is 0.378. The van der Waals surface area contributed by atoms with Crippen LogP contribution in [0.4, 0.5) is 5.69 Å². The summed E-state index contributed by atoms with van der Waals surface area (Å²) in [6, 6.07) is 15.8. The fraction of sp³-hybridized carbons (Fsp3) is 0.241. The lowest BCUT2D eigenvalue weighted by atomic mass is 10.0. The van der Waals surface area contributed by atoms with Gasteiger partial charge in [0.15, 0.2) is 0 Å². The standard InChI is InChI=1S/C29H28N6O2S/c1-17-24(30-18(2)25(17)29(37)35-13-11-34(3)12-14-35)16-22-21-15-20(9-10-23(21)31-26(22)36)28-33-32-27(38-28)19-7-5-4-6-8-19/h4-10,15-16,30H,11-14H2,1-3H3,(H,31,36)/b22-16-. The van der Waals surface area contributed by atoms with Crippen molar-refractivity contribution in [3.8, 4) is 21.1 Å². The van der Waals surface area contributed by atoms with E-state index in [9.17, 15) is 9.59 Å². The molecule has 0 radical (unpaired) electrons. The number of carbonyl (C=O) groups is 2. The SMILES string of the molecule is Cc1[nH]c(/C=C2\C(=O)Nc3ccc(-c4nnc(-c5ccccc5)s4)cc32)c(C)c1C(=O)N1CCN(C)CC1. The van der Waals surface area contributed by atoms with Gasteiger partial charge in [-0.05, 0) is 50.7 Å². The maximum absolute atomic E-state index is 13.3. The number of aryl methyl sites for hydroxylation is 1. The lowest BCUT2D eigenvalue weighted by molar-refractivity contribution is -0.110. The number of benzene rings is 2. The van der Waals surface area contributed by atoms with Crippen molar-refractivity contribution in [2.45, 2.75) is 13.8 Å². The molecule has 2 amide bonds. The molecule has 1 fully saturated rings. The zero-order chi connectivity index (χ0) is 26.4. The van der Waals surface area contributed by atoms with E-state index in [1.807, 2.05) is 73.4 Å². The molecule has 0 spiro atoms. The van der Waals surface area contributed by atoms with Crippen molar-refractivity contribution in [1.82, 2.24) is 25.0 Å². The third kappa shape index (κ3) is 4.33. The summed E-state index contributed by atoms with van der Waals surface area (Å²) in [5, 5.41) is 13.4. The fourth-order valence-corrected chi connectivity index (χ4v) is 5.90. The van der Waals surface area contributed by atoms with Gasteiger partial charge in [0, 0.05) is 59.9 Å². The van der Waals surface area contributed by atoms with Gasteiger partial charge in [-0.1, -0.05) is 41.7 Å². The van der Waals surface area contributed by atoms with E-state index in [0.717, 1.165) is 62.4 Å². The van der Waals surface area contributed by atoms with Gasteiger partial charge in [0.1, 0.15) is 10.0 Å². The van der Waals surface area contributed by atoms with Crippen molar-refractivity contribution in [2.24, 2.45) is 0 Å². The number of hydrogen-bond donors (Lipinski definition) is 2. The number of aromatic amines is 1. The Morgan fingerprint density at radius 1 is 0.974 bits per heavy atom. The molecule has 0 unspecified atom stereocenters. The Hall–Kier alpha value is -4.08. The summed E-state index contributed by atoms with van der Waals surface area (Å²) in [6.45, 7) is 7.02. The average molecular weight is 525 g/mol. The first-order valence-electron chi connectivity index (χ1n) is 12.6. The number of H-pyrrole nitrogens is 1. The molecule has 2 aliphatic heterocycles. The first kappa shape index (κ1) is 24.3. The van der Waals surface area contributed by atoms with Crippen LogP contribution in [0.2, 0.25) is 0 Å². The van der Waals surface area contributed by atoms with Crippen LogP contribution in [0.1, 0.15) is 32.9 Å². The number of likely N-dealkylation sites (N-methyl/N-ethyl adjacent to an activating group) is 1. The normalized spacial score (nSPS) is 16.7. The molecule has 192 valence electrons. The van der Waals surface area contributed by atoms with Crippen LogP contribution >= 0.6 is 11.3 Å². The number of hydrogen-bond acceptors (Lipinski definition) is 6. The molecule has 2 aromatic heterocycles. The van der Waals surface area contributed by atoms with Crippen molar-refractivity contribution < 1.29 is 9.59 Å². The Kier molecular flexibility index (Phi) is 6.17. The van der Waals surface area contributed by atoms with Gasteiger partial charge in [0.2, 0.25) is 0 Å². The molecule has 4 aromatic rings. The van der Waals surface area contributed by atoms with Gasteiger partial charge in [0.05, 0.1) is 11.1 Å². The highest BCUT2D eigenvalue weighted by molar-refractivity contribution is 7.17. The monoisotopic (exact) mass is 524 g/mol. The minimum absolute atomic E-state index is 0.0399. The lowest BCUT2D eigenvalue weighted by Gasteiger charge is -2.32. The summed E-state index contributed by atoms with van der Waals surface area (Å²) in [7, 11) is 2.07. The number of nitrogens with one attached hydrogen (secondary N) is 2. The number of fused-ring (bicyclic) bond motifs is 1. The molecule has 0 aliphatic carbocycles. The van der Waals surface area contributed by atoms with E-state index in [1.54, 1.807) is 0 Å². The van der Waals surface area contributed by atoms with Crippen LogP contribution in [0, 0.1) is 13.8 Å². The minimum atomic E-state index is -0.169. The van der Waals surface area contributed by atoms with E-state index in [-0.39, 0.29) is 11.8 Å². The van der Waals surface area contributed by atoms with E-state index < -0.39 is 0 Å². The Morgan fingerprint density at radius 2 is 1.68 bits per heavy atom. The largest absolute Gasteiger partial charge is 0.358 e. The Morgan fingerprint density at radius 3 is 2.42 bits per heavy atom. The summed E-state index contributed by atoms with van der Waals surface area (Å²) in [6.07, 6.45) is 1.85. The summed E-state index contributed by atoms with van der Waals surface area (Å²) >= 11 is 1.52. The third-order valence-corrected chi connectivity index (χ3v) is 8.29. The fourth-order valence-electron chi connectivity index (χ4n) is 5.05. The number of amides is 2. The van der Waals surface area contributed by atoms with Crippen LogP contribution in [-0.2, 0) is 4.79 Å². The molecule has 9 heteroatoms. The topological polar surface area (TPSA) is 94.2 Å². The van der Waals surface area contributed by atoms with E-state index in [1.165, 1.54) is 11.3 Å². The molecule has 2 N–H and O–H groups in total. The number of aromatic nitrogens is 3. The summed E-state index contributed by atoms with van der Waals surface area (Å²) in [5.41, 5.74) is 7.17. The van der Waals surface area contributed by atoms with Gasteiger partial charge in [-0.15, -0.1) is 10.2 Å². The molecule has 4 heterocycles. The third-order valence-electron chi connectivity index (χ3n) is 7.26. The van der Waals surface area contributed by atoms with Crippen molar-refractivity contribution >= 4 is 40.5 Å². The second kappa shape index (κ2) is 9.66. The summed E-state index contributed by atoms with van der Waals surface area (Å²) < 4.78 is 0. The summed E-state index contributed by atoms with van der Waals surface area (Å²) in [5.74, 6) is -0.129. The van der Waals surface area contributed by atoms with E-state index in [2.05, 4.69) is 32.4 Å². The second-order valence-electron chi connectivity index (χ2n) is 9.81. The molecule has 2 aromatic carbocycles. The molecular formula is C29H28N6O2S. The highest BCUT2D eigenvalue weighted by Gasteiger charge is 2.28. The number of anilines is 1. The first-order valence-corrected chi connectivity index (χ1v) is 13.4. The zero-order valence-electron chi connectivity index (χ0n) is 21.5. The molecule has 8 nitrogen and oxygen atoms in total.